The van der Waals surface area contributed by atoms with Gasteiger partial charge in [-0.1, -0.05) is 11.6 Å². The first-order valence-electron chi connectivity index (χ1n) is 7.18. The summed E-state index contributed by atoms with van der Waals surface area (Å²) >= 11 is 8.41. The van der Waals surface area contributed by atoms with E-state index < -0.39 is 0 Å². The lowest BCUT2D eigenvalue weighted by Gasteiger charge is -2.13. The molecule has 1 aromatic heterocycles. The quantitative estimate of drug-likeness (QED) is 0.715. The molecule has 0 radical (unpaired) electrons. The van der Waals surface area contributed by atoms with Gasteiger partial charge in [-0.3, -0.25) is 0 Å². The molecule has 110 valence electrons. The van der Waals surface area contributed by atoms with Gasteiger partial charge >= 0.3 is 0 Å². The fraction of sp³-hybridized carbons (Fsp3) is 0.375. The largest absolute Gasteiger partial charge is 0.369 e. The lowest BCUT2D eigenvalue weighted by atomic mass is 10.1. The standard InChI is InChI=1S/C16H17ClIN3/c1-3-19-16-13(18)14(10-4-5-10)20-15(21-16)12-7-6-11(17)8-9(12)2/h6-8,10H,3-5H2,1-2H3,(H,19,20,21). The maximum atomic E-state index is 6.05. The van der Waals surface area contributed by atoms with Crippen LogP contribution in [0.2, 0.25) is 5.02 Å². The number of anilines is 1. The predicted molar refractivity (Wildman–Crippen MR) is 96.1 cm³/mol. The van der Waals surface area contributed by atoms with Gasteiger partial charge < -0.3 is 5.32 Å². The van der Waals surface area contributed by atoms with Gasteiger partial charge in [0.2, 0.25) is 0 Å². The first-order valence-corrected chi connectivity index (χ1v) is 8.63. The molecule has 0 saturated heterocycles. The van der Waals surface area contributed by atoms with E-state index in [0.717, 1.165) is 37.9 Å². The summed E-state index contributed by atoms with van der Waals surface area (Å²) in [6.07, 6.45) is 2.47. The van der Waals surface area contributed by atoms with Gasteiger partial charge in [0.05, 0.1) is 9.26 Å². The molecule has 0 atom stereocenters. The van der Waals surface area contributed by atoms with Crippen molar-refractivity contribution >= 4 is 40.0 Å². The van der Waals surface area contributed by atoms with Crippen molar-refractivity contribution < 1.29 is 0 Å². The van der Waals surface area contributed by atoms with E-state index in [1.54, 1.807) is 0 Å². The molecular weight excluding hydrogens is 397 g/mol. The highest BCUT2D eigenvalue weighted by Crippen LogP contribution is 2.43. The number of hydrogen-bond donors (Lipinski definition) is 1. The second kappa shape index (κ2) is 6.08. The Morgan fingerprint density at radius 3 is 2.71 bits per heavy atom. The van der Waals surface area contributed by atoms with Crippen LogP contribution in [0.1, 0.15) is 36.9 Å². The number of rotatable bonds is 4. The molecule has 0 unspecified atom stereocenters. The Balaban J connectivity index is 2.13. The van der Waals surface area contributed by atoms with Crippen molar-refractivity contribution in [2.75, 3.05) is 11.9 Å². The summed E-state index contributed by atoms with van der Waals surface area (Å²) < 4.78 is 1.16. The van der Waals surface area contributed by atoms with E-state index in [4.69, 9.17) is 21.6 Å². The number of nitrogens with one attached hydrogen (secondary N) is 1. The van der Waals surface area contributed by atoms with Crippen LogP contribution in [0.5, 0.6) is 0 Å². The van der Waals surface area contributed by atoms with Crippen LogP contribution in [0, 0.1) is 10.5 Å². The van der Waals surface area contributed by atoms with Crippen LogP contribution in [0.3, 0.4) is 0 Å². The van der Waals surface area contributed by atoms with Gasteiger partial charge in [-0.15, -0.1) is 0 Å². The summed E-state index contributed by atoms with van der Waals surface area (Å²) in [5.74, 6) is 2.34. The predicted octanol–water partition coefficient (Wildman–Crippen LogP) is 5.02. The van der Waals surface area contributed by atoms with E-state index in [0.29, 0.717) is 5.92 Å². The molecule has 1 N–H and O–H groups in total. The molecule has 1 aliphatic carbocycles. The highest BCUT2D eigenvalue weighted by Gasteiger charge is 2.29. The van der Waals surface area contributed by atoms with E-state index in [9.17, 15) is 0 Å². The maximum Gasteiger partial charge on any atom is 0.162 e. The number of halogens is 2. The maximum absolute atomic E-state index is 6.05. The molecule has 0 amide bonds. The molecule has 3 nitrogen and oxygen atoms in total. The van der Waals surface area contributed by atoms with Crippen molar-refractivity contribution in [3.8, 4) is 11.4 Å². The minimum Gasteiger partial charge on any atom is -0.369 e. The zero-order valence-corrected chi connectivity index (χ0v) is 15.0. The van der Waals surface area contributed by atoms with Crippen LogP contribution in [0.4, 0.5) is 5.82 Å². The fourth-order valence-electron chi connectivity index (χ4n) is 2.37. The van der Waals surface area contributed by atoms with E-state index in [1.165, 1.54) is 18.5 Å². The van der Waals surface area contributed by atoms with E-state index in [-0.39, 0.29) is 0 Å². The molecule has 0 bridgehead atoms. The SMILES string of the molecule is CCNc1nc(-c2ccc(Cl)cc2C)nc(C2CC2)c1I. The Labute approximate surface area is 143 Å². The third-order valence-electron chi connectivity index (χ3n) is 3.61. The number of aryl methyl sites for hydroxylation is 1. The Kier molecular flexibility index (Phi) is 4.36. The fourth-order valence-corrected chi connectivity index (χ4v) is 3.47. The lowest BCUT2D eigenvalue weighted by molar-refractivity contribution is 0.971. The number of aromatic nitrogens is 2. The van der Waals surface area contributed by atoms with Gasteiger partial charge in [-0.25, -0.2) is 9.97 Å². The smallest absolute Gasteiger partial charge is 0.162 e. The zero-order chi connectivity index (χ0) is 15.0. The van der Waals surface area contributed by atoms with Gasteiger partial charge in [-0.05, 0) is 73.0 Å². The number of nitrogens with zero attached hydrogens (tertiary/aromatic N) is 2. The Hall–Kier alpha value is -0.880. The molecule has 1 fully saturated rings. The highest BCUT2D eigenvalue weighted by atomic mass is 127. The van der Waals surface area contributed by atoms with Crippen molar-refractivity contribution in [2.45, 2.75) is 32.6 Å². The van der Waals surface area contributed by atoms with Crippen LogP contribution < -0.4 is 5.32 Å². The Morgan fingerprint density at radius 2 is 2.10 bits per heavy atom. The molecule has 1 aromatic carbocycles. The molecule has 0 aliphatic heterocycles. The molecule has 0 spiro atoms. The first-order chi connectivity index (χ1) is 10.1. The third kappa shape index (κ3) is 3.16. The third-order valence-corrected chi connectivity index (χ3v) is 4.91. The second-order valence-electron chi connectivity index (χ2n) is 5.36. The lowest BCUT2D eigenvalue weighted by Crippen LogP contribution is -2.08. The molecule has 2 aromatic rings. The average Bonchev–Trinajstić information content (AvgIpc) is 3.26. The molecule has 1 aliphatic rings. The van der Waals surface area contributed by atoms with Gasteiger partial charge in [0.25, 0.3) is 0 Å². The van der Waals surface area contributed by atoms with Crippen LogP contribution in [0.15, 0.2) is 18.2 Å². The molecule has 1 saturated carbocycles. The van der Waals surface area contributed by atoms with Crippen LogP contribution in [-0.2, 0) is 0 Å². The molecule has 3 rings (SSSR count). The highest BCUT2D eigenvalue weighted by molar-refractivity contribution is 14.1. The van der Waals surface area contributed by atoms with Crippen molar-refractivity contribution in [3.05, 3.63) is 38.0 Å². The van der Waals surface area contributed by atoms with Crippen molar-refractivity contribution in [3.63, 3.8) is 0 Å². The minimum absolute atomic E-state index is 0.601. The van der Waals surface area contributed by atoms with Gasteiger partial charge in [0, 0.05) is 23.0 Å². The van der Waals surface area contributed by atoms with Gasteiger partial charge in [0.15, 0.2) is 5.82 Å². The summed E-state index contributed by atoms with van der Waals surface area (Å²) in [5.41, 5.74) is 3.34. The summed E-state index contributed by atoms with van der Waals surface area (Å²) in [5, 5.41) is 4.10. The van der Waals surface area contributed by atoms with Gasteiger partial charge in [0.1, 0.15) is 5.82 Å². The molecule has 5 heteroatoms. The van der Waals surface area contributed by atoms with Crippen molar-refractivity contribution in [1.29, 1.82) is 0 Å². The van der Waals surface area contributed by atoms with E-state index >= 15 is 0 Å². The Bertz CT molecular complexity index is 683. The zero-order valence-electron chi connectivity index (χ0n) is 12.1. The van der Waals surface area contributed by atoms with Gasteiger partial charge in [-0.2, -0.15) is 0 Å². The molecule has 21 heavy (non-hydrogen) atoms. The summed E-state index contributed by atoms with van der Waals surface area (Å²) in [6, 6.07) is 5.86. The minimum atomic E-state index is 0.601. The normalized spacial score (nSPS) is 14.3. The monoisotopic (exact) mass is 413 g/mol. The van der Waals surface area contributed by atoms with Crippen LogP contribution >= 0.6 is 34.2 Å². The average molecular weight is 414 g/mol. The second-order valence-corrected chi connectivity index (χ2v) is 6.87. The molecular formula is C16H17ClIN3. The van der Waals surface area contributed by atoms with E-state index in [1.807, 2.05) is 25.1 Å². The molecule has 1 heterocycles. The Morgan fingerprint density at radius 1 is 1.33 bits per heavy atom. The number of benzene rings is 1. The van der Waals surface area contributed by atoms with E-state index in [2.05, 4.69) is 34.8 Å². The number of hydrogen-bond acceptors (Lipinski definition) is 3. The summed E-state index contributed by atoms with van der Waals surface area (Å²) in [6.45, 7) is 4.99. The first kappa shape index (κ1) is 15.0. The van der Waals surface area contributed by atoms with Crippen molar-refractivity contribution in [2.24, 2.45) is 0 Å². The topological polar surface area (TPSA) is 37.8 Å². The van der Waals surface area contributed by atoms with Crippen LogP contribution in [0.25, 0.3) is 11.4 Å². The van der Waals surface area contributed by atoms with Crippen LogP contribution in [-0.4, -0.2) is 16.5 Å². The summed E-state index contributed by atoms with van der Waals surface area (Å²) in [7, 11) is 0. The summed E-state index contributed by atoms with van der Waals surface area (Å²) in [4.78, 5) is 9.56. The van der Waals surface area contributed by atoms with Crippen molar-refractivity contribution in [1.82, 2.24) is 9.97 Å².